The van der Waals surface area contributed by atoms with Crippen LogP contribution in [-0.2, 0) is 0 Å². The molecule has 0 unspecified atom stereocenters. The summed E-state index contributed by atoms with van der Waals surface area (Å²) >= 11 is 0. The third-order valence-electron chi connectivity index (χ3n) is 4.10. The molecule has 0 saturated heterocycles. The molecule has 0 heterocycles. The van der Waals surface area contributed by atoms with Crippen LogP contribution in [0.3, 0.4) is 0 Å². The summed E-state index contributed by atoms with van der Waals surface area (Å²) in [4.78, 5) is 2.28. The summed E-state index contributed by atoms with van der Waals surface area (Å²) in [6, 6.07) is 6.84. The maximum atomic E-state index is 12.8. The van der Waals surface area contributed by atoms with Crippen molar-refractivity contribution in [3.8, 4) is 11.8 Å². The van der Waals surface area contributed by atoms with Crippen LogP contribution in [0, 0.1) is 23.6 Å². The van der Waals surface area contributed by atoms with Crippen molar-refractivity contribution in [3.63, 3.8) is 0 Å². The van der Waals surface area contributed by atoms with Gasteiger partial charge < -0.3 is 5.11 Å². The van der Waals surface area contributed by atoms with Crippen molar-refractivity contribution in [1.29, 1.82) is 0 Å². The molecule has 0 aromatic heterocycles. The molecule has 0 bridgehead atoms. The second-order valence-electron chi connectivity index (χ2n) is 5.58. The van der Waals surface area contributed by atoms with Crippen LogP contribution in [0.4, 0.5) is 4.39 Å². The van der Waals surface area contributed by atoms with Gasteiger partial charge in [0, 0.05) is 18.2 Å². The lowest BCUT2D eigenvalue weighted by Crippen LogP contribution is -2.35. The number of nitrogens with zero attached hydrogens (tertiary/aromatic N) is 1. The van der Waals surface area contributed by atoms with Crippen molar-refractivity contribution in [2.24, 2.45) is 5.92 Å². The molecular formula is C17H22FNO. The van der Waals surface area contributed by atoms with Gasteiger partial charge in [-0.15, -0.1) is 0 Å². The Morgan fingerprint density at radius 2 is 1.85 bits per heavy atom. The lowest BCUT2D eigenvalue weighted by atomic mass is 9.86. The molecule has 2 rings (SSSR count). The average molecular weight is 275 g/mol. The molecule has 0 atom stereocenters. The number of hydrogen-bond acceptors (Lipinski definition) is 2. The molecule has 0 amide bonds. The van der Waals surface area contributed by atoms with Crippen molar-refractivity contribution < 1.29 is 9.50 Å². The van der Waals surface area contributed by atoms with Gasteiger partial charge >= 0.3 is 0 Å². The van der Waals surface area contributed by atoms with E-state index in [0.717, 1.165) is 37.8 Å². The lowest BCUT2D eigenvalue weighted by Gasteiger charge is -2.33. The van der Waals surface area contributed by atoms with E-state index in [4.69, 9.17) is 5.11 Å². The summed E-state index contributed by atoms with van der Waals surface area (Å²) in [6.07, 6.45) is 4.49. The molecule has 1 N–H and O–H groups in total. The Balaban J connectivity index is 1.81. The predicted molar refractivity (Wildman–Crippen MR) is 78.7 cm³/mol. The number of aliphatic hydroxyl groups is 1. The fraction of sp³-hybridized carbons (Fsp3) is 0.529. The molecular weight excluding hydrogens is 253 g/mol. The van der Waals surface area contributed by atoms with Crippen molar-refractivity contribution in [2.45, 2.75) is 31.7 Å². The summed E-state index contributed by atoms with van der Waals surface area (Å²) in [5, 5.41) is 9.14. The fourth-order valence-corrected chi connectivity index (χ4v) is 2.70. The van der Waals surface area contributed by atoms with Gasteiger partial charge in [0.1, 0.15) is 5.82 Å². The maximum absolute atomic E-state index is 12.8. The standard InChI is InChI=1S/C17H22FNO/c1-19(17-10-6-15(13-20)7-11-17)12-2-3-14-4-8-16(18)9-5-14/h4-5,8-9,15,17,20H,6-7,10-13H2,1H3. The van der Waals surface area contributed by atoms with E-state index in [-0.39, 0.29) is 5.82 Å². The van der Waals surface area contributed by atoms with Crippen LogP contribution in [0.25, 0.3) is 0 Å². The summed E-state index contributed by atoms with van der Waals surface area (Å²) in [6.45, 7) is 1.05. The van der Waals surface area contributed by atoms with E-state index >= 15 is 0 Å². The largest absolute Gasteiger partial charge is 0.396 e. The zero-order valence-corrected chi connectivity index (χ0v) is 12.0. The highest BCUT2D eigenvalue weighted by Crippen LogP contribution is 2.26. The van der Waals surface area contributed by atoms with Crippen LogP contribution < -0.4 is 0 Å². The van der Waals surface area contributed by atoms with E-state index in [1.807, 2.05) is 0 Å². The molecule has 20 heavy (non-hydrogen) atoms. The van der Waals surface area contributed by atoms with E-state index in [9.17, 15) is 4.39 Å². The van der Waals surface area contributed by atoms with Crippen LogP contribution in [-0.4, -0.2) is 36.2 Å². The molecule has 108 valence electrons. The first-order chi connectivity index (χ1) is 9.69. The Morgan fingerprint density at radius 1 is 1.20 bits per heavy atom. The van der Waals surface area contributed by atoms with Crippen molar-refractivity contribution >= 4 is 0 Å². The van der Waals surface area contributed by atoms with E-state index < -0.39 is 0 Å². The zero-order chi connectivity index (χ0) is 14.4. The molecule has 0 spiro atoms. The van der Waals surface area contributed by atoms with Gasteiger partial charge in [0.2, 0.25) is 0 Å². The molecule has 1 aliphatic carbocycles. The predicted octanol–water partition coefficient (Wildman–Crippen LogP) is 2.66. The number of aliphatic hydroxyl groups excluding tert-OH is 1. The Bertz CT molecular complexity index is 466. The normalized spacial score (nSPS) is 22.4. The minimum atomic E-state index is -0.228. The van der Waals surface area contributed by atoms with Crippen LogP contribution in [0.5, 0.6) is 0 Å². The Labute approximate surface area is 120 Å². The van der Waals surface area contributed by atoms with Gasteiger partial charge in [0.25, 0.3) is 0 Å². The van der Waals surface area contributed by atoms with Crippen LogP contribution >= 0.6 is 0 Å². The number of benzene rings is 1. The van der Waals surface area contributed by atoms with Crippen LogP contribution in [0.15, 0.2) is 24.3 Å². The second kappa shape index (κ2) is 7.42. The highest BCUT2D eigenvalue weighted by Gasteiger charge is 2.22. The van der Waals surface area contributed by atoms with Gasteiger partial charge in [0.05, 0.1) is 6.54 Å². The number of rotatable bonds is 3. The van der Waals surface area contributed by atoms with Gasteiger partial charge in [-0.1, -0.05) is 11.8 Å². The highest BCUT2D eigenvalue weighted by molar-refractivity contribution is 5.34. The van der Waals surface area contributed by atoms with Crippen molar-refractivity contribution in [2.75, 3.05) is 20.2 Å². The van der Waals surface area contributed by atoms with Gasteiger partial charge in [-0.25, -0.2) is 4.39 Å². The zero-order valence-electron chi connectivity index (χ0n) is 12.0. The van der Waals surface area contributed by atoms with E-state index in [1.165, 1.54) is 12.1 Å². The van der Waals surface area contributed by atoms with Gasteiger partial charge in [-0.05, 0) is 62.9 Å². The first kappa shape index (κ1) is 15.0. The van der Waals surface area contributed by atoms with E-state index in [2.05, 4.69) is 23.8 Å². The topological polar surface area (TPSA) is 23.5 Å². The molecule has 1 aliphatic rings. The second-order valence-corrected chi connectivity index (χ2v) is 5.58. The summed E-state index contributed by atoms with van der Waals surface area (Å²) in [5.41, 5.74) is 0.851. The first-order valence-corrected chi connectivity index (χ1v) is 7.24. The van der Waals surface area contributed by atoms with Crippen LogP contribution in [0.1, 0.15) is 31.2 Å². The average Bonchev–Trinajstić information content (AvgIpc) is 2.49. The third kappa shape index (κ3) is 4.33. The molecule has 2 nitrogen and oxygen atoms in total. The maximum Gasteiger partial charge on any atom is 0.123 e. The smallest absolute Gasteiger partial charge is 0.123 e. The molecule has 0 aliphatic heterocycles. The van der Waals surface area contributed by atoms with Gasteiger partial charge in [-0.2, -0.15) is 0 Å². The minimum absolute atomic E-state index is 0.228. The van der Waals surface area contributed by atoms with E-state index in [0.29, 0.717) is 18.6 Å². The third-order valence-corrected chi connectivity index (χ3v) is 4.10. The molecule has 3 heteroatoms. The summed E-state index contributed by atoms with van der Waals surface area (Å²) in [5.74, 6) is 6.47. The Kier molecular flexibility index (Phi) is 5.58. The minimum Gasteiger partial charge on any atom is -0.396 e. The first-order valence-electron chi connectivity index (χ1n) is 7.24. The van der Waals surface area contributed by atoms with E-state index in [1.54, 1.807) is 12.1 Å². The lowest BCUT2D eigenvalue weighted by molar-refractivity contribution is 0.135. The monoisotopic (exact) mass is 275 g/mol. The molecule has 1 aromatic carbocycles. The van der Waals surface area contributed by atoms with Gasteiger partial charge in [-0.3, -0.25) is 4.90 Å². The summed E-state index contributed by atoms with van der Waals surface area (Å²) in [7, 11) is 2.10. The SMILES string of the molecule is CN(CC#Cc1ccc(F)cc1)C1CCC(CO)CC1. The van der Waals surface area contributed by atoms with Crippen molar-refractivity contribution in [1.82, 2.24) is 4.90 Å². The quantitative estimate of drug-likeness (QED) is 0.857. The Morgan fingerprint density at radius 3 is 2.45 bits per heavy atom. The summed E-state index contributed by atoms with van der Waals surface area (Å²) < 4.78 is 12.8. The molecule has 1 saturated carbocycles. The number of halogens is 1. The fourth-order valence-electron chi connectivity index (χ4n) is 2.70. The van der Waals surface area contributed by atoms with Crippen LogP contribution in [0.2, 0.25) is 0 Å². The Hall–Kier alpha value is -1.37. The molecule has 1 aromatic rings. The molecule has 0 radical (unpaired) electrons. The number of hydrogen-bond donors (Lipinski definition) is 1. The molecule has 1 fully saturated rings. The van der Waals surface area contributed by atoms with Gasteiger partial charge in [0.15, 0.2) is 0 Å². The highest BCUT2D eigenvalue weighted by atomic mass is 19.1. The van der Waals surface area contributed by atoms with Crippen molar-refractivity contribution in [3.05, 3.63) is 35.6 Å².